The van der Waals surface area contributed by atoms with Gasteiger partial charge in [0.05, 0.1) is 0 Å². The van der Waals surface area contributed by atoms with Crippen molar-refractivity contribution in [2.75, 3.05) is 20.1 Å². The molecule has 6 heteroatoms. The summed E-state index contributed by atoms with van der Waals surface area (Å²) in [5.41, 5.74) is 0. The number of amides is 2. The van der Waals surface area contributed by atoms with Crippen molar-refractivity contribution in [2.45, 2.75) is 25.9 Å². The average molecular weight is 325 g/mol. The van der Waals surface area contributed by atoms with Gasteiger partial charge >= 0.3 is 0 Å². The number of ether oxygens (including phenoxy) is 1. The topological polar surface area (TPSA) is 58.6 Å². The Labute approximate surface area is 135 Å². The van der Waals surface area contributed by atoms with E-state index in [0.717, 1.165) is 0 Å². The van der Waals surface area contributed by atoms with E-state index in [1.807, 2.05) is 0 Å². The van der Waals surface area contributed by atoms with E-state index in [9.17, 15) is 9.59 Å². The van der Waals surface area contributed by atoms with Crippen LogP contribution in [0.4, 0.5) is 0 Å². The summed E-state index contributed by atoms with van der Waals surface area (Å²) in [6.07, 6.45) is 0.806. The number of carbonyl (C=O) groups excluding carboxylic acids is 2. The molecule has 1 N–H and O–H groups in total. The molecular weight excluding hydrogens is 304 g/mol. The number of hydrogen-bond donors (Lipinski definition) is 1. The summed E-state index contributed by atoms with van der Waals surface area (Å²) in [4.78, 5) is 25.8. The normalized spacial score (nSPS) is 17.0. The van der Waals surface area contributed by atoms with Gasteiger partial charge in [0.1, 0.15) is 5.75 Å². The van der Waals surface area contributed by atoms with Crippen LogP contribution in [0.15, 0.2) is 24.3 Å². The van der Waals surface area contributed by atoms with Crippen LogP contribution in [-0.2, 0) is 9.59 Å². The molecule has 2 amide bonds. The largest absolute Gasteiger partial charge is 0.481 e. The highest BCUT2D eigenvalue weighted by Crippen LogP contribution is 2.21. The maximum atomic E-state index is 12.4. The molecule has 0 aliphatic carbocycles. The molecule has 0 aromatic heterocycles. The summed E-state index contributed by atoms with van der Waals surface area (Å²) in [5.74, 6) is 0.567. The molecule has 1 atom stereocenters. The molecule has 5 nitrogen and oxygen atoms in total. The Morgan fingerprint density at radius 1 is 1.36 bits per heavy atom. The van der Waals surface area contributed by atoms with Crippen molar-refractivity contribution in [2.24, 2.45) is 5.92 Å². The lowest BCUT2D eigenvalue weighted by Crippen LogP contribution is -2.46. The number of carbonyl (C=O) groups is 2. The third-order valence-corrected chi connectivity index (χ3v) is 4.12. The van der Waals surface area contributed by atoms with Crippen LogP contribution < -0.4 is 10.1 Å². The zero-order chi connectivity index (χ0) is 16.1. The zero-order valence-electron chi connectivity index (χ0n) is 12.8. The Kier molecular flexibility index (Phi) is 5.66. The van der Waals surface area contributed by atoms with E-state index < -0.39 is 6.10 Å². The predicted molar refractivity (Wildman–Crippen MR) is 84.9 cm³/mol. The van der Waals surface area contributed by atoms with Crippen LogP contribution in [0.25, 0.3) is 0 Å². The first-order valence-electron chi connectivity index (χ1n) is 7.44. The first-order chi connectivity index (χ1) is 10.5. The van der Waals surface area contributed by atoms with Crippen LogP contribution in [0.5, 0.6) is 5.75 Å². The van der Waals surface area contributed by atoms with Crippen molar-refractivity contribution in [1.82, 2.24) is 10.2 Å². The van der Waals surface area contributed by atoms with Gasteiger partial charge in [-0.3, -0.25) is 9.59 Å². The fourth-order valence-corrected chi connectivity index (χ4v) is 2.80. The van der Waals surface area contributed by atoms with Crippen molar-refractivity contribution >= 4 is 23.4 Å². The van der Waals surface area contributed by atoms with Crippen molar-refractivity contribution in [1.29, 1.82) is 0 Å². The van der Waals surface area contributed by atoms with E-state index in [4.69, 9.17) is 16.3 Å². The minimum atomic E-state index is -0.574. The van der Waals surface area contributed by atoms with Gasteiger partial charge in [0.25, 0.3) is 5.91 Å². The molecule has 120 valence electrons. The van der Waals surface area contributed by atoms with E-state index in [0.29, 0.717) is 36.7 Å². The molecule has 0 saturated carbocycles. The Hall–Kier alpha value is -1.75. The minimum Gasteiger partial charge on any atom is -0.481 e. The second kappa shape index (κ2) is 7.49. The summed E-state index contributed by atoms with van der Waals surface area (Å²) in [6, 6.07) is 6.99. The monoisotopic (exact) mass is 324 g/mol. The Bertz CT molecular complexity index is 542. The first kappa shape index (κ1) is 16.6. The third kappa shape index (κ3) is 4.13. The van der Waals surface area contributed by atoms with Crippen LogP contribution in [-0.4, -0.2) is 43.0 Å². The number of piperidine rings is 1. The van der Waals surface area contributed by atoms with E-state index >= 15 is 0 Å². The van der Waals surface area contributed by atoms with Gasteiger partial charge in [0, 0.05) is 31.1 Å². The molecule has 1 aromatic carbocycles. The summed E-state index contributed by atoms with van der Waals surface area (Å²) < 4.78 is 5.65. The highest BCUT2D eigenvalue weighted by atomic mass is 35.5. The second-order valence-corrected chi connectivity index (χ2v) is 5.87. The van der Waals surface area contributed by atoms with E-state index in [1.165, 1.54) is 0 Å². The number of rotatable bonds is 4. The van der Waals surface area contributed by atoms with Gasteiger partial charge < -0.3 is 15.0 Å². The number of nitrogens with zero attached hydrogens (tertiary/aromatic N) is 1. The molecule has 2 rings (SSSR count). The van der Waals surface area contributed by atoms with Gasteiger partial charge in [-0.05, 0) is 38.0 Å². The summed E-state index contributed by atoms with van der Waals surface area (Å²) in [7, 11) is 1.64. The second-order valence-electron chi connectivity index (χ2n) is 5.43. The third-order valence-electron chi connectivity index (χ3n) is 3.88. The molecule has 0 bridgehead atoms. The maximum Gasteiger partial charge on any atom is 0.263 e. The van der Waals surface area contributed by atoms with Gasteiger partial charge in [-0.1, -0.05) is 17.7 Å². The molecule has 1 heterocycles. The molecule has 22 heavy (non-hydrogen) atoms. The van der Waals surface area contributed by atoms with Gasteiger partial charge in [-0.15, -0.1) is 0 Å². The summed E-state index contributed by atoms with van der Waals surface area (Å²) in [5, 5.41) is 3.23. The lowest BCUT2D eigenvalue weighted by Gasteiger charge is -2.32. The van der Waals surface area contributed by atoms with Gasteiger partial charge in [-0.2, -0.15) is 0 Å². The molecule has 1 saturated heterocycles. The molecule has 0 spiro atoms. The smallest absolute Gasteiger partial charge is 0.263 e. The van der Waals surface area contributed by atoms with Crippen LogP contribution in [0.1, 0.15) is 19.8 Å². The fraction of sp³-hybridized carbons (Fsp3) is 0.500. The van der Waals surface area contributed by atoms with Crippen LogP contribution in [0.3, 0.4) is 0 Å². The lowest BCUT2D eigenvalue weighted by atomic mass is 9.96. The molecule has 1 fully saturated rings. The SMILES string of the molecule is CNC(=O)C1CCN(C(=O)C(C)Oc2cccc(Cl)c2)CC1. The number of nitrogens with one attached hydrogen (secondary N) is 1. The minimum absolute atomic E-state index is 0.00166. The lowest BCUT2D eigenvalue weighted by molar-refractivity contribution is -0.141. The maximum absolute atomic E-state index is 12.4. The Balaban J connectivity index is 1.88. The summed E-state index contributed by atoms with van der Waals surface area (Å²) in [6.45, 7) is 2.90. The van der Waals surface area contributed by atoms with Crippen LogP contribution >= 0.6 is 11.6 Å². The van der Waals surface area contributed by atoms with Gasteiger partial charge in [-0.25, -0.2) is 0 Å². The predicted octanol–water partition coefficient (Wildman–Crippen LogP) is 2.09. The highest BCUT2D eigenvalue weighted by Gasteiger charge is 2.29. The van der Waals surface area contributed by atoms with Crippen LogP contribution in [0, 0.1) is 5.92 Å². The molecule has 1 aliphatic heterocycles. The molecule has 1 aromatic rings. The van der Waals surface area contributed by atoms with Crippen molar-refractivity contribution in [3.63, 3.8) is 0 Å². The van der Waals surface area contributed by atoms with Crippen LogP contribution in [0.2, 0.25) is 5.02 Å². The van der Waals surface area contributed by atoms with E-state index in [-0.39, 0.29) is 17.7 Å². The van der Waals surface area contributed by atoms with Gasteiger partial charge in [0.2, 0.25) is 5.91 Å². The average Bonchev–Trinajstić information content (AvgIpc) is 2.53. The quantitative estimate of drug-likeness (QED) is 0.922. The first-order valence-corrected chi connectivity index (χ1v) is 7.81. The van der Waals surface area contributed by atoms with E-state index in [1.54, 1.807) is 43.1 Å². The summed E-state index contributed by atoms with van der Waals surface area (Å²) >= 11 is 5.90. The number of likely N-dealkylation sites (tertiary alicyclic amines) is 1. The van der Waals surface area contributed by atoms with E-state index in [2.05, 4.69) is 5.32 Å². The molecular formula is C16H21ClN2O3. The zero-order valence-corrected chi connectivity index (χ0v) is 13.6. The fourth-order valence-electron chi connectivity index (χ4n) is 2.62. The Morgan fingerprint density at radius 2 is 2.05 bits per heavy atom. The standard InChI is InChI=1S/C16H21ClN2O3/c1-11(22-14-5-3-4-13(17)10-14)16(21)19-8-6-12(7-9-19)15(20)18-2/h3-5,10-12H,6-9H2,1-2H3,(H,18,20). The number of benzene rings is 1. The van der Waals surface area contributed by atoms with Gasteiger partial charge in [0.15, 0.2) is 6.10 Å². The number of halogens is 1. The molecule has 0 radical (unpaired) electrons. The Morgan fingerprint density at radius 3 is 2.64 bits per heavy atom. The van der Waals surface area contributed by atoms with Crippen molar-refractivity contribution in [3.8, 4) is 5.75 Å². The van der Waals surface area contributed by atoms with Crippen molar-refractivity contribution in [3.05, 3.63) is 29.3 Å². The molecule has 1 unspecified atom stereocenters. The molecule has 1 aliphatic rings. The highest BCUT2D eigenvalue weighted by molar-refractivity contribution is 6.30. The number of hydrogen-bond acceptors (Lipinski definition) is 3. The van der Waals surface area contributed by atoms with Crippen molar-refractivity contribution < 1.29 is 14.3 Å².